The Balaban J connectivity index is 1.38. The minimum Gasteiger partial charge on any atom is -0.497 e. The number of ether oxygens (including phenoxy) is 4. The van der Waals surface area contributed by atoms with Crippen LogP contribution in [0.25, 0.3) is 0 Å². The third kappa shape index (κ3) is 7.10. The summed E-state index contributed by atoms with van der Waals surface area (Å²) in [5, 5.41) is 3.00. The van der Waals surface area contributed by atoms with Crippen molar-refractivity contribution >= 4 is 40.6 Å². The van der Waals surface area contributed by atoms with Crippen molar-refractivity contribution in [3.63, 3.8) is 0 Å². The van der Waals surface area contributed by atoms with Gasteiger partial charge >= 0.3 is 0 Å². The third-order valence-electron chi connectivity index (χ3n) is 8.80. The summed E-state index contributed by atoms with van der Waals surface area (Å²) in [6.07, 6.45) is 0. The fraction of sp³-hybridized carbons (Fsp3) is 0.263. The van der Waals surface area contributed by atoms with Crippen LogP contribution in [0.1, 0.15) is 27.5 Å². The molecule has 1 saturated heterocycles. The van der Waals surface area contributed by atoms with E-state index in [-0.39, 0.29) is 12.1 Å². The summed E-state index contributed by atoms with van der Waals surface area (Å²) in [7, 11) is 4.55. The van der Waals surface area contributed by atoms with Crippen LogP contribution in [0.5, 0.6) is 17.2 Å². The standard InChI is InChI=1S/C38H38N4O8/c1-47-29-15-8-25(9-16-29)23-42(34(43)24-41-31-7-5-4-6-30(31)36(44)38(41)46)35(26-10-17-32(48-2)33(22-26)49-3)37(45)39-27-11-13-28(14-12-27)40-18-20-50-21-19-40/h4-17,22,35H,18-21,23-24H2,1-3H3,(H,39,45). The average molecular weight is 679 g/mol. The van der Waals surface area contributed by atoms with E-state index in [1.54, 1.807) is 73.8 Å². The number of anilines is 3. The van der Waals surface area contributed by atoms with Gasteiger partial charge in [0, 0.05) is 31.0 Å². The molecule has 0 bridgehead atoms. The number of morpholine rings is 1. The highest BCUT2D eigenvalue weighted by Gasteiger charge is 2.39. The van der Waals surface area contributed by atoms with Gasteiger partial charge < -0.3 is 34.1 Å². The van der Waals surface area contributed by atoms with Gasteiger partial charge in [-0.2, -0.15) is 0 Å². The molecular formula is C38H38N4O8. The number of nitrogens with one attached hydrogen (secondary N) is 1. The van der Waals surface area contributed by atoms with Gasteiger partial charge in [0.05, 0.1) is 45.8 Å². The summed E-state index contributed by atoms with van der Waals surface area (Å²) in [6, 6.07) is 25.0. The van der Waals surface area contributed by atoms with Gasteiger partial charge in [0.2, 0.25) is 5.91 Å². The molecule has 6 rings (SSSR count). The summed E-state index contributed by atoms with van der Waals surface area (Å²) < 4.78 is 21.8. The molecule has 0 radical (unpaired) electrons. The molecule has 0 spiro atoms. The number of benzene rings is 4. The van der Waals surface area contributed by atoms with E-state index in [4.69, 9.17) is 18.9 Å². The molecule has 0 aliphatic carbocycles. The van der Waals surface area contributed by atoms with Gasteiger partial charge in [-0.1, -0.05) is 30.3 Å². The van der Waals surface area contributed by atoms with E-state index in [1.807, 2.05) is 24.3 Å². The monoisotopic (exact) mass is 678 g/mol. The first kappa shape index (κ1) is 34.0. The number of para-hydroxylation sites is 1. The Hall–Kier alpha value is -5.88. The minimum absolute atomic E-state index is 0.0111. The molecule has 12 nitrogen and oxygen atoms in total. The Morgan fingerprint density at radius 2 is 1.54 bits per heavy atom. The molecule has 1 unspecified atom stereocenters. The molecule has 2 aliphatic rings. The first-order chi connectivity index (χ1) is 24.3. The number of Topliss-reactive ketones (excluding diaryl/α,β-unsaturated/α-hetero) is 1. The predicted molar refractivity (Wildman–Crippen MR) is 187 cm³/mol. The average Bonchev–Trinajstić information content (AvgIpc) is 3.39. The largest absolute Gasteiger partial charge is 0.497 e. The number of carbonyl (C=O) groups is 4. The molecule has 2 heterocycles. The fourth-order valence-electron chi connectivity index (χ4n) is 6.17. The molecule has 1 atom stereocenters. The minimum atomic E-state index is -1.20. The van der Waals surface area contributed by atoms with Crippen molar-refractivity contribution in [2.45, 2.75) is 12.6 Å². The molecule has 12 heteroatoms. The molecule has 1 fully saturated rings. The lowest BCUT2D eigenvalue weighted by molar-refractivity contribution is -0.139. The summed E-state index contributed by atoms with van der Waals surface area (Å²) in [6.45, 7) is 2.35. The highest BCUT2D eigenvalue weighted by atomic mass is 16.5. The predicted octanol–water partition coefficient (Wildman–Crippen LogP) is 4.49. The van der Waals surface area contributed by atoms with E-state index in [2.05, 4.69) is 10.2 Å². The molecule has 4 aromatic rings. The van der Waals surface area contributed by atoms with E-state index in [9.17, 15) is 19.2 Å². The van der Waals surface area contributed by atoms with Crippen LogP contribution >= 0.6 is 0 Å². The highest BCUT2D eigenvalue weighted by molar-refractivity contribution is 6.52. The smallest absolute Gasteiger partial charge is 0.299 e. The molecule has 2 aliphatic heterocycles. The molecule has 3 amide bonds. The first-order valence-electron chi connectivity index (χ1n) is 16.1. The SMILES string of the molecule is COc1ccc(CN(C(=O)CN2C(=O)C(=O)c3ccccc32)C(C(=O)Nc2ccc(N3CCOCC3)cc2)c2ccc(OC)c(OC)c2)cc1. The van der Waals surface area contributed by atoms with E-state index in [0.717, 1.165) is 23.7 Å². The number of nitrogens with zero attached hydrogens (tertiary/aromatic N) is 3. The molecule has 50 heavy (non-hydrogen) atoms. The van der Waals surface area contributed by atoms with Gasteiger partial charge in [-0.05, 0) is 71.8 Å². The van der Waals surface area contributed by atoms with Crippen molar-refractivity contribution in [3.05, 3.63) is 108 Å². The normalized spacial score (nSPS) is 14.5. The number of rotatable bonds is 12. The second kappa shape index (κ2) is 15.1. The fourth-order valence-corrected chi connectivity index (χ4v) is 6.17. The number of fused-ring (bicyclic) bond motifs is 1. The number of amides is 3. The number of hydrogen-bond donors (Lipinski definition) is 1. The summed E-state index contributed by atoms with van der Waals surface area (Å²) in [4.78, 5) is 59.7. The van der Waals surface area contributed by atoms with E-state index >= 15 is 0 Å². The molecule has 4 aromatic carbocycles. The number of carbonyl (C=O) groups excluding carboxylic acids is 4. The number of ketones is 1. The van der Waals surface area contributed by atoms with Gasteiger partial charge in [0.15, 0.2) is 11.5 Å². The number of hydrogen-bond acceptors (Lipinski definition) is 9. The molecule has 0 saturated carbocycles. The van der Waals surface area contributed by atoms with Gasteiger partial charge in [-0.25, -0.2) is 0 Å². The maximum absolute atomic E-state index is 14.5. The maximum atomic E-state index is 14.5. The Morgan fingerprint density at radius 1 is 0.840 bits per heavy atom. The van der Waals surface area contributed by atoms with Crippen LogP contribution in [0.2, 0.25) is 0 Å². The Bertz CT molecular complexity index is 1870. The van der Waals surface area contributed by atoms with Crippen molar-refractivity contribution < 1.29 is 38.1 Å². The van der Waals surface area contributed by atoms with Gasteiger partial charge in [-0.15, -0.1) is 0 Å². The lowest BCUT2D eigenvalue weighted by atomic mass is 10.0. The lowest BCUT2D eigenvalue weighted by Gasteiger charge is -2.33. The Labute approximate surface area is 290 Å². The van der Waals surface area contributed by atoms with Crippen LogP contribution in [0.3, 0.4) is 0 Å². The highest BCUT2D eigenvalue weighted by Crippen LogP contribution is 2.35. The van der Waals surface area contributed by atoms with Crippen LogP contribution in [-0.2, 0) is 25.7 Å². The topological polar surface area (TPSA) is 127 Å². The second-order valence-corrected chi connectivity index (χ2v) is 11.8. The van der Waals surface area contributed by atoms with Crippen LogP contribution in [0.4, 0.5) is 17.1 Å². The summed E-state index contributed by atoms with van der Waals surface area (Å²) in [5.41, 5.74) is 3.25. The third-order valence-corrected chi connectivity index (χ3v) is 8.80. The van der Waals surface area contributed by atoms with Crippen molar-refractivity contribution in [2.75, 3.05) is 69.3 Å². The van der Waals surface area contributed by atoms with E-state index < -0.39 is 36.1 Å². The summed E-state index contributed by atoms with van der Waals surface area (Å²) >= 11 is 0. The zero-order valence-corrected chi connectivity index (χ0v) is 28.1. The molecule has 0 aromatic heterocycles. The zero-order valence-electron chi connectivity index (χ0n) is 28.1. The van der Waals surface area contributed by atoms with Gasteiger partial charge in [-0.3, -0.25) is 24.1 Å². The molecule has 258 valence electrons. The summed E-state index contributed by atoms with van der Waals surface area (Å²) in [5.74, 6) is -1.12. The number of methoxy groups -OCH3 is 3. The molecular weight excluding hydrogens is 640 g/mol. The Kier molecular flexibility index (Phi) is 10.3. The lowest BCUT2D eigenvalue weighted by Crippen LogP contribution is -2.46. The van der Waals surface area contributed by atoms with E-state index in [1.165, 1.54) is 19.1 Å². The van der Waals surface area contributed by atoms with Crippen molar-refractivity contribution in [1.29, 1.82) is 0 Å². The van der Waals surface area contributed by atoms with Crippen molar-refractivity contribution in [1.82, 2.24) is 4.90 Å². The second-order valence-electron chi connectivity index (χ2n) is 11.8. The van der Waals surface area contributed by atoms with Crippen molar-refractivity contribution in [3.8, 4) is 17.2 Å². The van der Waals surface area contributed by atoms with Crippen molar-refractivity contribution in [2.24, 2.45) is 0 Å². The maximum Gasteiger partial charge on any atom is 0.299 e. The van der Waals surface area contributed by atoms with Crippen LogP contribution in [0.15, 0.2) is 91.0 Å². The molecule has 1 N–H and O–H groups in total. The quantitative estimate of drug-likeness (QED) is 0.216. The Morgan fingerprint density at radius 3 is 2.22 bits per heavy atom. The van der Waals surface area contributed by atoms with Gasteiger partial charge in [0.1, 0.15) is 18.3 Å². The van der Waals surface area contributed by atoms with Crippen LogP contribution < -0.4 is 29.3 Å². The van der Waals surface area contributed by atoms with Crippen LogP contribution in [-0.4, -0.2) is 82.6 Å². The van der Waals surface area contributed by atoms with E-state index in [0.29, 0.717) is 53.0 Å². The van der Waals surface area contributed by atoms with Crippen LogP contribution in [0, 0.1) is 0 Å². The zero-order chi connectivity index (χ0) is 35.2. The first-order valence-corrected chi connectivity index (χ1v) is 16.1. The van der Waals surface area contributed by atoms with Gasteiger partial charge in [0.25, 0.3) is 17.6 Å².